The molecule has 2 aromatic rings. The van der Waals surface area contributed by atoms with Gasteiger partial charge in [0, 0.05) is 20.1 Å². The molecule has 0 bridgehead atoms. The first-order chi connectivity index (χ1) is 11.8. The van der Waals surface area contributed by atoms with Gasteiger partial charge in [-0.15, -0.1) is 24.0 Å². The zero-order valence-electron chi connectivity index (χ0n) is 14.6. The highest BCUT2D eigenvalue weighted by Gasteiger charge is 2.20. The molecule has 5 heteroatoms. The number of hydrogen-bond donors (Lipinski definition) is 2. The average Bonchev–Trinajstić information content (AvgIpc) is 3.46. The third-order valence-corrected chi connectivity index (χ3v) is 4.11. The Morgan fingerprint density at radius 3 is 2.36 bits per heavy atom. The minimum atomic E-state index is 0. The minimum Gasteiger partial charge on any atom is -0.489 e. The Morgan fingerprint density at radius 1 is 1.00 bits per heavy atom. The van der Waals surface area contributed by atoms with Crippen LogP contribution in [0, 0.1) is 5.92 Å². The van der Waals surface area contributed by atoms with E-state index in [1.807, 2.05) is 37.4 Å². The van der Waals surface area contributed by atoms with E-state index in [1.165, 1.54) is 24.0 Å². The first kappa shape index (κ1) is 19.6. The summed E-state index contributed by atoms with van der Waals surface area (Å²) in [7, 11) is 1.81. The summed E-state index contributed by atoms with van der Waals surface area (Å²) >= 11 is 0. The van der Waals surface area contributed by atoms with E-state index in [2.05, 4.69) is 39.9 Å². The molecular weight excluding hydrogens is 425 g/mol. The standard InChI is InChI=1S/C20H25N3O.HI/c1-21-20(22-13-16-7-8-16)23-14-17-9-11-19(12-10-17)24-15-18-5-3-2-4-6-18;/h2-6,9-12,16H,7-8,13-15H2,1H3,(H2,21,22,23);1H. The summed E-state index contributed by atoms with van der Waals surface area (Å²) < 4.78 is 5.81. The van der Waals surface area contributed by atoms with Crippen LogP contribution >= 0.6 is 24.0 Å². The molecule has 134 valence electrons. The van der Waals surface area contributed by atoms with Gasteiger partial charge < -0.3 is 15.4 Å². The number of benzene rings is 2. The van der Waals surface area contributed by atoms with Crippen molar-refractivity contribution in [3.63, 3.8) is 0 Å². The molecule has 0 amide bonds. The highest BCUT2D eigenvalue weighted by molar-refractivity contribution is 14.0. The molecule has 1 saturated carbocycles. The SMILES string of the molecule is CN=C(NCc1ccc(OCc2ccccc2)cc1)NCC1CC1.I. The van der Waals surface area contributed by atoms with Crippen LogP contribution in [-0.4, -0.2) is 19.6 Å². The fraction of sp³-hybridized carbons (Fsp3) is 0.350. The molecule has 1 aliphatic carbocycles. The summed E-state index contributed by atoms with van der Waals surface area (Å²) in [6.45, 7) is 2.37. The zero-order valence-corrected chi connectivity index (χ0v) is 16.9. The molecule has 0 atom stereocenters. The Labute approximate surface area is 167 Å². The zero-order chi connectivity index (χ0) is 16.6. The number of nitrogens with one attached hydrogen (secondary N) is 2. The summed E-state index contributed by atoms with van der Waals surface area (Å²) in [5.41, 5.74) is 2.38. The van der Waals surface area contributed by atoms with E-state index >= 15 is 0 Å². The summed E-state index contributed by atoms with van der Waals surface area (Å²) in [5, 5.41) is 6.71. The summed E-state index contributed by atoms with van der Waals surface area (Å²) in [4.78, 5) is 4.25. The average molecular weight is 451 g/mol. The van der Waals surface area contributed by atoms with Crippen molar-refractivity contribution in [3.05, 3.63) is 65.7 Å². The number of hydrogen-bond acceptors (Lipinski definition) is 2. The molecule has 0 unspecified atom stereocenters. The predicted molar refractivity (Wildman–Crippen MR) is 114 cm³/mol. The smallest absolute Gasteiger partial charge is 0.191 e. The lowest BCUT2D eigenvalue weighted by molar-refractivity contribution is 0.306. The van der Waals surface area contributed by atoms with Crippen molar-refractivity contribution < 1.29 is 4.74 Å². The van der Waals surface area contributed by atoms with Crippen molar-refractivity contribution in [1.82, 2.24) is 10.6 Å². The summed E-state index contributed by atoms with van der Waals surface area (Å²) in [5.74, 6) is 2.59. The third kappa shape index (κ3) is 6.94. The highest BCUT2D eigenvalue weighted by atomic mass is 127. The number of halogens is 1. The molecule has 0 saturated heterocycles. The van der Waals surface area contributed by atoms with Crippen molar-refractivity contribution in [2.45, 2.75) is 26.0 Å². The van der Waals surface area contributed by atoms with E-state index in [0.717, 1.165) is 30.7 Å². The normalized spacial score (nSPS) is 13.7. The summed E-state index contributed by atoms with van der Waals surface area (Å²) in [6.07, 6.45) is 2.68. The number of nitrogens with zero attached hydrogens (tertiary/aromatic N) is 1. The first-order valence-electron chi connectivity index (χ1n) is 8.53. The third-order valence-electron chi connectivity index (χ3n) is 4.11. The van der Waals surface area contributed by atoms with Crippen molar-refractivity contribution in [2.75, 3.05) is 13.6 Å². The number of ether oxygens (including phenoxy) is 1. The van der Waals surface area contributed by atoms with Crippen LogP contribution in [0.4, 0.5) is 0 Å². The highest BCUT2D eigenvalue weighted by Crippen LogP contribution is 2.27. The first-order valence-corrected chi connectivity index (χ1v) is 8.53. The molecule has 3 rings (SSSR count). The Morgan fingerprint density at radius 2 is 1.72 bits per heavy atom. The van der Waals surface area contributed by atoms with Crippen molar-refractivity contribution >= 4 is 29.9 Å². The van der Waals surface area contributed by atoms with Gasteiger partial charge in [0.25, 0.3) is 0 Å². The van der Waals surface area contributed by atoms with Gasteiger partial charge in [0.15, 0.2) is 5.96 Å². The van der Waals surface area contributed by atoms with Crippen LogP contribution in [-0.2, 0) is 13.2 Å². The van der Waals surface area contributed by atoms with Gasteiger partial charge >= 0.3 is 0 Å². The quantitative estimate of drug-likeness (QED) is 0.381. The molecule has 4 nitrogen and oxygen atoms in total. The number of rotatable bonds is 7. The molecule has 2 N–H and O–H groups in total. The molecule has 0 aromatic heterocycles. The topological polar surface area (TPSA) is 45.7 Å². The van der Waals surface area contributed by atoms with Gasteiger partial charge in [0.1, 0.15) is 12.4 Å². The van der Waals surface area contributed by atoms with Gasteiger partial charge in [0.2, 0.25) is 0 Å². The molecule has 0 radical (unpaired) electrons. The van der Waals surface area contributed by atoms with Gasteiger partial charge in [-0.3, -0.25) is 4.99 Å². The van der Waals surface area contributed by atoms with E-state index in [0.29, 0.717) is 6.61 Å². The molecule has 0 spiro atoms. The Hall–Kier alpha value is -1.76. The van der Waals surface area contributed by atoms with E-state index in [4.69, 9.17) is 4.74 Å². The molecule has 0 aliphatic heterocycles. The van der Waals surface area contributed by atoms with Crippen LogP contribution in [0.1, 0.15) is 24.0 Å². The van der Waals surface area contributed by atoms with Crippen molar-refractivity contribution in [1.29, 1.82) is 0 Å². The van der Waals surface area contributed by atoms with Crippen LogP contribution in [0.25, 0.3) is 0 Å². The van der Waals surface area contributed by atoms with E-state index in [-0.39, 0.29) is 24.0 Å². The molecule has 1 fully saturated rings. The lowest BCUT2D eigenvalue weighted by Crippen LogP contribution is -2.37. The van der Waals surface area contributed by atoms with Crippen LogP contribution in [0.3, 0.4) is 0 Å². The molecule has 1 aliphatic rings. The van der Waals surface area contributed by atoms with Gasteiger partial charge in [-0.05, 0) is 42.0 Å². The fourth-order valence-electron chi connectivity index (χ4n) is 2.41. The Bertz CT molecular complexity index is 654. The monoisotopic (exact) mass is 451 g/mol. The van der Waals surface area contributed by atoms with Gasteiger partial charge in [-0.25, -0.2) is 0 Å². The second-order valence-corrected chi connectivity index (χ2v) is 6.17. The molecule has 0 heterocycles. The summed E-state index contributed by atoms with van der Waals surface area (Å²) in [6, 6.07) is 18.4. The van der Waals surface area contributed by atoms with Crippen LogP contribution in [0.15, 0.2) is 59.6 Å². The Kier molecular flexibility index (Phi) is 8.04. The second-order valence-electron chi connectivity index (χ2n) is 6.17. The fourth-order valence-corrected chi connectivity index (χ4v) is 2.41. The maximum absolute atomic E-state index is 5.81. The molecule has 25 heavy (non-hydrogen) atoms. The van der Waals surface area contributed by atoms with Gasteiger partial charge in [-0.2, -0.15) is 0 Å². The van der Waals surface area contributed by atoms with Crippen LogP contribution in [0.5, 0.6) is 5.75 Å². The van der Waals surface area contributed by atoms with Crippen LogP contribution in [0.2, 0.25) is 0 Å². The van der Waals surface area contributed by atoms with E-state index < -0.39 is 0 Å². The largest absolute Gasteiger partial charge is 0.489 e. The van der Waals surface area contributed by atoms with Gasteiger partial charge in [-0.1, -0.05) is 42.5 Å². The molecular formula is C20H26IN3O. The minimum absolute atomic E-state index is 0. The molecule has 2 aromatic carbocycles. The number of aliphatic imine (C=N–C) groups is 1. The van der Waals surface area contributed by atoms with Crippen molar-refractivity contribution in [2.24, 2.45) is 10.9 Å². The van der Waals surface area contributed by atoms with Crippen molar-refractivity contribution in [3.8, 4) is 5.75 Å². The lowest BCUT2D eigenvalue weighted by Gasteiger charge is -2.12. The maximum Gasteiger partial charge on any atom is 0.191 e. The number of guanidine groups is 1. The maximum atomic E-state index is 5.81. The lowest BCUT2D eigenvalue weighted by atomic mass is 10.2. The van der Waals surface area contributed by atoms with Crippen LogP contribution < -0.4 is 15.4 Å². The Balaban J connectivity index is 0.00000225. The van der Waals surface area contributed by atoms with E-state index in [1.54, 1.807) is 0 Å². The van der Waals surface area contributed by atoms with Gasteiger partial charge in [0.05, 0.1) is 0 Å². The van der Waals surface area contributed by atoms with E-state index in [9.17, 15) is 0 Å². The second kappa shape index (κ2) is 10.3. The predicted octanol–water partition coefficient (Wildman–Crippen LogP) is 3.96.